The zero-order valence-electron chi connectivity index (χ0n) is 13.4. The molecule has 1 saturated heterocycles. The lowest BCUT2D eigenvalue weighted by Crippen LogP contribution is -2.38. The van der Waals surface area contributed by atoms with Gasteiger partial charge in [-0.2, -0.15) is 4.31 Å². The lowest BCUT2D eigenvalue weighted by atomic mass is 10.0. The molecule has 3 heterocycles. The van der Waals surface area contributed by atoms with Crippen molar-refractivity contribution in [3.63, 3.8) is 0 Å². The Balaban J connectivity index is 1.75. The second-order valence-electron chi connectivity index (χ2n) is 5.84. The van der Waals surface area contributed by atoms with Gasteiger partial charge < -0.3 is 0 Å². The normalized spacial score (nSPS) is 19.3. The monoisotopic (exact) mass is 386 g/mol. The van der Waals surface area contributed by atoms with Crippen LogP contribution in [0.2, 0.25) is 0 Å². The smallest absolute Gasteiger partial charge is 0.267 e. The van der Waals surface area contributed by atoms with Crippen LogP contribution in [0.25, 0.3) is 0 Å². The highest BCUT2D eigenvalue weighted by atomic mass is 32.2. The van der Waals surface area contributed by atoms with Crippen LogP contribution in [0.1, 0.15) is 34.4 Å². The quantitative estimate of drug-likeness (QED) is 0.872. The van der Waals surface area contributed by atoms with Gasteiger partial charge in [0.2, 0.25) is 15.2 Å². The Morgan fingerprint density at radius 2 is 2.21 bits per heavy atom. The number of hydrogen-bond acceptors (Lipinski definition) is 7. The zero-order valence-corrected chi connectivity index (χ0v) is 15.8. The summed E-state index contributed by atoms with van der Waals surface area (Å²) in [5.41, 5.74) is 0. The van der Waals surface area contributed by atoms with Crippen LogP contribution in [-0.2, 0) is 10.0 Å². The molecule has 0 aliphatic carbocycles. The van der Waals surface area contributed by atoms with E-state index in [1.165, 1.54) is 27.1 Å². The Morgan fingerprint density at radius 3 is 2.88 bits per heavy atom. The number of rotatable bonds is 4. The number of carbonyl (C=O) groups excluding carboxylic acids is 1. The first kappa shape index (κ1) is 17.5. The Hall–Kier alpha value is -1.36. The van der Waals surface area contributed by atoms with Gasteiger partial charge in [-0.05, 0) is 31.7 Å². The summed E-state index contributed by atoms with van der Waals surface area (Å²) >= 11 is 2.38. The fraction of sp³-hybridized carbons (Fsp3) is 0.500. The van der Waals surface area contributed by atoms with Gasteiger partial charge in [0, 0.05) is 18.5 Å². The van der Waals surface area contributed by atoms with E-state index in [1.54, 1.807) is 6.92 Å². The molecule has 10 heteroatoms. The molecule has 0 aromatic carbocycles. The third-order valence-electron chi connectivity index (χ3n) is 3.80. The number of amides is 1. The highest BCUT2D eigenvalue weighted by Crippen LogP contribution is 2.27. The minimum Gasteiger partial charge on any atom is -0.296 e. The van der Waals surface area contributed by atoms with E-state index in [4.69, 9.17) is 0 Å². The van der Waals surface area contributed by atoms with Crippen LogP contribution < -0.4 is 5.32 Å². The van der Waals surface area contributed by atoms with E-state index >= 15 is 0 Å². The number of nitrogens with one attached hydrogen (secondary N) is 1. The lowest BCUT2D eigenvalue weighted by molar-refractivity contribution is 0.103. The SMILES string of the molecule is Cc1nnc(NC(=O)c2cc(S(=O)(=O)N3CCC[C@H](C)C3)cs2)s1. The molecule has 0 bridgehead atoms. The van der Waals surface area contributed by atoms with Gasteiger partial charge in [-0.25, -0.2) is 8.42 Å². The van der Waals surface area contributed by atoms with Crippen molar-refractivity contribution in [2.75, 3.05) is 18.4 Å². The van der Waals surface area contributed by atoms with Gasteiger partial charge in [0.05, 0.1) is 9.77 Å². The molecule has 0 unspecified atom stereocenters. The first-order valence-electron chi connectivity index (χ1n) is 7.56. The van der Waals surface area contributed by atoms with Crippen molar-refractivity contribution in [3.05, 3.63) is 21.3 Å². The number of sulfonamides is 1. The molecule has 0 radical (unpaired) electrons. The molecule has 1 atom stereocenters. The van der Waals surface area contributed by atoms with E-state index in [0.29, 0.717) is 29.0 Å². The topological polar surface area (TPSA) is 92.3 Å². The predicted molar refractivity (Wildman–Crippen MR) is 94.1 cm³/mol. The van der Waals surface area contributed by atoms with Crippen molar-refractivity contribution in [2.45, 2.75) is 31.6 Å². The van der Waals surface area contributed by atoms with Gasteiger partial charge in [-0.15, -0.1) is 21.5 Å². The van der Waals surface area contributed by atoms with Gasteiger partial charge in [0.25, 0.3) is 5.91 Å². The predicted octanol–water partition coefficient (Wildman–Crippen LogP) is 2.58. The molecule has 1 aliphatic heterocycles. The number of piperidine rings is 1. The Bertz CT molecular complexity index is 843. The highest BCUT2D eigenvalue weighted by Gasteiger charge is 2.30. The van der Waals surface area contributed by atoms with Gasteiger partial charge in [-0.1, -0.05) is 18.3 Å². The van der Waals surface area contributed by atoms with E-state index in [2.05, 4.69) is 22.4 Å². The number of aromatic nitrogens is 2. The van der Waals surface area contributed by atoms with Crippen molar-refractivity contribution in [1.29, 1.82) is 0 Å². The molecule has 1 amide bonds. The molecule has 1 aliphatic rings. The van der Waals surface area contributed by atoms with Crippen molar-refractivity contribution in [2.24, 2.45) is 5.92 Å². The van der Waals surface area contributed by atoms with Gasteiger partial charge in [-0.3, -0.25) is 10.1 Å². The third-order valence-corrected chi connectivity index (χ3v) is 7.48. The average molecular weight is 387 g/mol. The standard InChI is InChI=1S/C14H18N4O3S3/c1-9-4-3-5-18(7-9)24(20,21)11-6-12(22-8-11)13(19)15-14-17-16-10(2)23-14/h6,8-9H,3-5,7H2,1-2H3,(H,15,17,19)/t9-/m0/s1. The van der Waals surface area contributed by atoms with Crippen molar-refractivity contribution < 1.29 is 13.2 Å². The number of thiophene rings is 1. The van der Waals surface area contributed by atoms with Crippen LogP contribution in [-0.4, -0.2) is 41.9 Å². The Morgan fingerprint density at radius 1 is 1.42 bits per heavy atom. The molecule has 130 valence electrons. The minimum absolute atomic E-state index is 0.181. The molecule has 1 fully saturated rings. The van der Waals surface area contributed by atoms with E-state index in [0.717, 1.165) is 29.2 Å². The summed E-state index contributed by atoms with van der Waals surface area (Å²) in [7, 11) is -3.54. The van der Waals surface area contributed by atoms with Crippen LogP contribution in [0.3, 0.4) is 0 Å². The van der Waals surface area contributed by atoms with Crippen LogP contribution in [0.4, 0.5) is 5.13 Å². The number of aryl methyl sites for hydroxylation is 1. The fourth-order valence-corrected chi connectivity index (χ4v) is 5.93. The zero-order chi connectivity index (χ0) is 17.3. The molecule has 0 spiro atoms. The number of anilines is 1. The maximum Gasteiger partial charge on any atom is 0.267 e. The molecule has 24 heavy (non-hydrogen) atoms. The van der Waals surface area contributed by atoms with Gasteiger partial charge in [0.15, 0.2) is 0 Å². The summed E-state index contributed by atoms with van der Waals surface area (Å²) in [5.74, 6) is -0.0137. The molecule has 7 nitrogen and oxygen atoms in total. The second-order valence-corrected chi connectivity index (χ2v) is 9.87. The van der Waals surface area contributed by atoms with Crippen molar-refractivity contribution >= 4 is 43.7 Å². The van der Waals surface area contributed by atoms with Crippen LogP contribution in [0.15, 0.2) is 16.3 Å². The number of carbonyl (C=O) groups is 1. The van der Waals surface area contributed by atoms with Crippen LogP contribution >= 0.6 is 22.7 Å². The first-order valence-corrected chi connectivity index (χ1v) is 10.7. The van der Waals surface area contributed by atoms with E-state index < -0.39 is 10.0 Å². The lowest BCUT2D eigenvalue weighted by Gasteiger charge is -2.29. The first-order chi connectivity index (χ1) is 11.4. The van der Waals surface area contributed by atoms with E-state index in [-0.39, 0.29) is 10.8 Å². The van der Waals surface area contributed by atoms with E-state index in [1.807, 2.05) is 0 Å². The summed E-state index contributed by atoms with van der Waals surface area (Å²) in [6.07, 6.45) is 1.92. The molecular weight excluding hydrogens is 368 g/mol. The van der Waals surface area contributed by atoms with E-state index in [9.17, 15) is 13.2 Å². The largest absolute Gasteiger partial charge is 0.296 e. The molecule has 2 aromatic heterocycles. The molecule has 1 N–H and O–H groups in total. The second kappa shape index (κ2) is 6.87. The molecule has 2 aromatic rings. The summed E-state index contributed by atoms with van der Waals surface area (Å²) in [5, 5.41) is 13.0. The molecule has 3 rings (SSSR count). The van der Waals surface area contributed by atoms with Crippen LogP contribution in [0, 0.1) is 12.8 Å². The Kier molecular flexibility index (Phi) is 5.00. The maximum absolute atomic E-state index is 12.7. The fourth-order valence-electron chi connectivity index (χ4n) is 2.59. The van der Waals surface area contributed by atoms with Gasteiger partial charge in [0.1, 0.15) is 5.01 Å². The van der Waals surface area contributed by atoms with Crippen molar-refractivity contribution in [3.8, 4) is 0 Å². The summed E-state index contributed by atoms with van der Waals surface area (Å²) in [6, 6.07) is 1.43. The van der Waals surface area contributed by atoms with Crippen molar-refractivity contribution in [1.82, 2.24) is 14.5 Å². The minimum atomic E-state index is -3.54. The molecule has 0 saturated carbocycles. The highest BCUT2D eigenvalue weighted by molar-refractivity contribution is 7.89. The Labute approximate surface area is 148 Å². The summed E-state index contributed by atoms with van der Waals surface area (Å²) in [4.78, 5) is 12.7. The molecular formula is C14H18N4O3S3. The summed E-state index contributed by atoms with van der Waals surface area (Å²) in [6.45, 7) is 4.92. The maximum atomic E-state index is 12.7. The summed E-state index contributed by atoms with van der Waals surface area (Å²) < 4.78 is 26.9. The number of hydrogen-bond donors (Lipinski definition) is 1. The third kappa shape index (κ3) is 3.66. The number of nitrogens with zero attached hydrogens (tertiary/aromatic N) is 3. The average Bonchev–Trinajstić information content (AvgIpc) is 3.17. The van der Waals surface area contributed by atoms with Gasteiger partial charge >= 0.3 is 0 Å². The van der Waals surface area contributed by atoms with Crippen LogP contribution in [0.5, 0.6) is 0 Å².